The maximum Gasteiger partial charge on any atom is 0.144 e. The van der Waals surface area contributed by atoms with Crippen molar-refractivity contribution >= 4 is 11.4 Å². The van der Waals surface area contributed by atoms with E-state index in [-0.39, 0.29) is 6.54 Å². The number of anilines is 2. The molecule has 0 saturated heterocycles. The van der Waals surface area contributed by atoms with Gasteiger partial charge in [0.05, 0.1) is 23.2 Å². The van der Waals surface area contributed by atoms with Crippen molar-refractivity contribution in [3.8, 4) is 0 Å². The predicted molar refractivity (Wildman–Crippen MR) is 49.2 cm³/mol. The number of aliphatic hydroxyl groups is 1. The van der Waals surface area contributed by atoms with Gasteiger partial charge in [-0.1, -0.05) is 12.1 Å². The van der Waals surface area contributed by atoms with Crippen LogP contribution in [0.25, 0.3) is 0 Å². The highest BCUT2D eigenvalue weighted by Crippen LogP contribution is 2.29. The number of hydrogen-bond acceptors (Lipinski definition) is 4. The Kier molecular flexibility index (Phi) is 1.86. The molecule has 0 fully saturated rings. The van der Waals surface area contributed by atoms with Crippen molar-refractivity contribution in [2.24, 2.45) is 5.29 Å². The van der Waals surface area contributed by atoms with Crippen LogP contribution in [0.15, 0.2) is 29.6 Å². The highest BCUT2D eigenvalue weighted by Gasteiger charge is 2.21. The first-order chi connectivity index (χ1) is 6.31. The molecule has 0 bridgehead atoms. The van der Waals surface area contributed by atoms with E-state index in [0.717, 1.165) is 5.69 Å². The molecule has 0 spiro atoms. The molecule has 2 rings (SSSR count). The van der Waals surface area contributed by atoms with Crippen molar-refractivity contribution in [3.63, 3.8) is 0 Å². The highest BCUT2D eigenvalue weighted by molar-refractivity contribution is 5.71. The molecule has 68 valence electrons. The first kappa shape index (κ1) is 8.00. The first-order valence-corrected chi connectivity index (χ1v) is 3.95. The van der Waals surface area contributed by atoms with E-state index < -0.39 is 6.23 Å². The molecule has 0 saturated carbocycles. The van der Waals surface area contributed by atoms with Gasteiger partial charge in [0, 0.05) is 0 Å². The normalized spacial score (nSPS) is 20.4. The lowest BCUT2D eigenvalue weighted by molar-refractivity contribution is 0.205. The molecule has 0 aliphatic carbocycles. The van der Waals surface area contributed by atoms with Gasteiger partial charge in [0.2, 0.25) is 0 Å². The topological polar surface area (TPSA) is 64.9 Å². The fourth-order valence-corrected chi connectivity index (χ4v) is 1.39. The molecule has 1 aromatic carbocycles. The van der Waals surface area contributed by atoms with E-state index >= 15 is 0 Å². The third kappa shape index (κ3) is 1.33. The number of rotatable bonds is 1. The zero-order valence-corrected chi connectivity index (χ0v) is 6.84. The number of nitrogens with zero attached hydrogens (tertiary/aromatic N) is 2. The molecule has 2 N–H and O–H groups in total. The SMILES string of the molecule is O=NN1CC(O)Nc2ccccc21. The minimum Gasteiger partial charge on any atom is -0.372 e. The van der Waals surface area contributed by atoms with Gasteiger partial charge in [-0.3, -0.25) is 0 Å². The summed E-state index contributed by atoms with van der Waals surface area (Å²) in [4.78, 5) is 10.4. The maximum absolute atomic E-state index is 10.4. The van der Waals surface area contributed by atoms with Crippen molar-refractivity contribution in [1.29, 1.82) is 0 Å². The average molecular weight is 179 g/mol. The summed E-state index contributed by atoms with van der Waals surface area (Å²) in [5.41, 5.74) is 1.42. The van der Waals surface area contributed by atoms with Gasteiger partial charge in [-0.2, -0.15) is 0 Å². The first-order valence-electron chi connectivity index (χ1n) is 3.95. The van der Waals surface area contributed by atoms with E-state index in [0.29, 0.717) is 5.69 Å². The molecule has 5 heteroatoms. The third-order valence-corrected chi connectivity index (χ3v) is 1.95. The van der Waals surface area contributed by atoms with Gasteiger partial charge in [0.1, 0.15) is 6.23 Å². The van der Waals surface area contributed by atoms with Crippen molar-refractivity contribution in [1.82, 2.24) is 0 Å². The standard InChI is InChI=1S/C8H9N3O2/c12-8-5-11(10-13)7-4-2-1-3-6(7)9-8/h1-4,8-9,12H,5H2. The second-order valence-electron chi connectivity index (χ2n) is 2.84. The van der Waals surface area contributed by atoms with Crippen LogP contribution in [0.4, 0.5) is 11.4 Å². The number of aliphatic hydroxyl groups excluding tert-OH is 1. The predicted octanol–water partition coefficient (Wildman–Crippen LogP) is 0.918. The van der Waals surface area contributed by atoms with Crippen molar-refractivity contribution in [3.05, 3.63) is 29.2 Å². The molecule has 0 amide bonds. The number of para-hydroxylation sites is 2. The minimum atomic E-state index is -0.743. The summed E-state index contributed by atoms with van der Waals surface area (Å²) < 4.78 is 0. The van der Waals surface area contributed by atoms with E-state index in [2.05, 4.69) is 10.6 Å². The zero-order chi connectivity index (χ0) is 9.26. The largest absolute Gasteiger partial charge is 0.372 e. The van der Waals surface area contributed by atoms with Crippen LogP contribution in [-0.2, 0) is 0 Å². The number of benzene rings is 1. The van der Waals surface area contributed by atoms with Gasteiger partial charge in [-0.25, -0.2) is 5.01 Å². The Morgan fingerprint density at radius 3 is 3.08 bits per heavy atom. The Hall–Kier alpha value is -1.62. The van der Waals surface area contributed by atoms with E-state index in [1.54, 1.807) is 12.1 Å². The lowest BCUT2D eigenvalue weighted by atomic mass is 10.2. The van der Waals surface area contributed by atoms with Crippen molar-refractivity contribution in [2.45, 2.75) is 6.23 Å². The van der Waals surface area contributed by atoms with E-state index in [4.69, 9.17) is 0 Å². The van der Waals surface area contributed by atoms with Crippen LogP contribution < -0.4 is 10.3 Å². The fraction of sp³-hybridized carbons (Fsp3) is 0.250. The van der Waals surface area contributed by atoms with Crippen LogP contribution >= 0.6 is 0 Å². The molecule has 1 aliphatic heterocycles. The van der Waals surface area contributed by atoms with Gasteiger partial charge in [-0.05, 0) is 12.1 Å². The summed E-state index contributed by atoms with van der Waals surface area (Å²) in [5, 5.41) is 16.2. The fourth-order valence-electron chi connectivity index (χ4n) is 1.39. The number of nitroso groups, excluding NO2 is 1. The highest BCUT2D eigenvalue weighted by atomic mass is 16.3. The number of β-amino-alcohol motifs (C(OH)–C–C–N with tert-alkyl or cyclic N) is 1. The third-order valence-electron chi connectivity index (χ3n) is 1.95. The van der Waals surface area contributed by atoms with Crippen LogP contribution in [0.3, 0.4) is 0 Å². The molecule has 1 atom stereocenters. The summed E-state index contributed by atoms with van der Waals surface area (Å²) in [6.45, 7) is 0.181. The second kappa shape index (κ2) is 3.02. The van der Waals surface area contributed by atoms with Crippen LogP contribution in [0.1, 0.15) is 0 Å². The molecular formula is C8H9N3O2. The summed E-state index contributed by atoms with van der Waals surface area (Å²) >= 11 is 0. The lowest BCUT2D eigenvalue weighted by Crippen LogP contribution is -2.38. The van der Waals surface area contributed by atoms with Crippen LogP contribution in [-0.4, -0.2) is 17.9 Å². The number of hydrogen-bond donors (Lipinski definition) is 2. The molecule has 1 unspecified atom stereocenters. The van der Waals surface area contributed by atoms with Gasteiger partial charge < -0.3 is 10.4 Å². The number of fused-ring (bicyclic) bond motifs is 1. The Morgan fingerprint density at radius 2 is 2.31 bits per heavy atom. The smallest absolute Gasteiger partial charge is 0.144 e. The van der Waals surface area contributed by atoms with Gasteiger partial charge in [0.25, 0.3) is 0 Å². The van der Waals surface area contributed by atoms with Gasteiger partial charge >= 0.3 is 0 Å². The number of nitrogens with one attached hydrogen (secondary N) is 1. The van der Waals surface area contributed by atoms with Crippen LogP contribution in [0.2, 0.25) is 0 Å². The molecule has 1 heterocycles. The monoisotopic (exact) mass is 179 g/mol. The Bertz CT molecular complexity index is 329. The molecule has 1 aliphatic rings. The lowest BCUT2D eigenvalue weighted by Gasteiger charge is -2.28. The zero-order valence-electron chi connectivity index (χ0n) is 6.84. The van der Waals surface area contributed by atoms with Crippen molar-refractivity contribution < 1.29 is 5.11 Å². The Balaban J connectivity index is 2.42. The summed E-state index contributed by atoms with van der Waals surface area (Å²) in [5.74, 6) is 0. The minimum absolute atomic E-state index is 0.181. The maximum atomic E-state index is 10.4. The summed E-state index contributed by atoms with van der Waals surface area (Å²) in [6, 6.07) is 7.20. The summed E-state index contributed by atoms with van der Waals surface area (Å²) in [7, 11) is 0. The molecule has 5 nitrogen and oxygen atoms in total. The molecule has 13 heavy (non-hydrogen) atoms. The second-order valence-corrected chi connectivity index (χ2v) is 2.84. The van der Waals surface area contributed by atoms with Crippen LogP contribution in [0.5, 0.6) is 0 Å². The molecular weight excluding hydrogens is 170 g/mol. The van der Waals surface area contributed by atoms with Gasteiger partial charge in [0.15, 0.2) is 0 Å². The van der Waals surface area contributed by atoms with Crippen LogP contribution in [0, 0.1) is 4.91 Å². The quantitative estimate of drug-likeness (QED) is 0.629. The molecule has 1 aromatic rings. The molecule has 0 aromatic heterocycles. The average Bonchev–Trinajstić information content (AvgIpc) is 2.16. The Labute approximate surface area is 74.9 Å². The Morgan fingerprint density at radius 1 is 1.54 bits per heavy atom. The van der Waals surface area contributed by atoms with Gasteiger partial charge in [-0.15, -0.1) is 4.91 Å². The molecule has 0 radical (unpaired) electrons. The van der Waals surface area contributed by atoms with E-state index in [1.807, 2.05) is 12.1 Å². The van der Waals surface area contributed by atoms with Crippen molar-refractivity contribution in [2.75, 3.05) is 16.9 Å². The van der Waals surface area contributed by atoms with E-state index in [1.165, 1.54) is 5.01 Å². The summed E-state index contributed by atoms with van der Waals surface area (Å²) in [6.07, 6.45) is -0.743. The van der Waals surface area contributed by atoms with E-state index in [9.17, 15) is 10.0 Å².